The van der Waals surface area contributed by atoms with Gasteiger partial charge in [0.05, 0.1) is 0 Å². The highest BCUT2D eigenvalue weighted by Gasteiger charge is 2.30. The molecule has 0 amide bonds. The summed E-state index contributed by atoms with van der Waals surface area (Å²) in [7, 11) is 0. The number of benzene rings is 1. The summed E-state index contributed by atoms with van der Waals surface area (Å²) in [5.41, 5.74) is 0.0470. The van der Waals surface area contributed by atoms with Crippen molar-refractivity contribution in [1.82, 2.24) is 0 Å². The van der Waals surface area contributed by atoms with Crippen molar-refractivity contribution in [2.75, 3.05) is 0 Å². The molecule has 0 spiro atoms. The maximum atomic E-state index is 11.0. The van der Waals surface area contributed by atoms with Crippen molar-refractivity contribution in [3.63, 3.8) is 0 Å². The number of nitrogens with one attached hydrogen (secondary N) is 1. The van der Waals surface area contributed by atoms with Crippen LogP contribution in [0.5, 0.6) is 5.75 Å². The number of ether oxygens (including phenoxy) is 1. The van der Waals surface area contributed by atoms with E-state index < -0.39 is 17.8 Å². The lowest BCUT2D eigenvalue weighted by molar-refractivity contribution is -0.128. The number of carbonyl (C=O) groups excluding carboxylic acids is 1. The van der Waals surface area contributed by atoms with Gasteiger partial charge < -0.3 is 9.84 Å². The number of para-hydroxylation sites is 1. The molecular formula is C9H7NO3. The Hall–Kier alpha value is -1.68. The Bertz CT molecular complexity index is 386. The molecule has 1 heterocycles. The van der Waals surface area contributed by atoms with Crippen LogP contribution < -0.4 is 4.74 Å². The largest absolute Gasteiger partial charge is 0.422 e. The highest BCUT2D eigenvalue weighted by Crippen LogP contribution is 2.29. The van der Waals surface area contributed by atoms with E-state index in [9.17, 15) is 9.90 Å². The Morgan fingerprint density at radius 2 is 2.08 bits per heavy atom. The maximum absolute atomic E-state index is 11.0. The van der Waals surface area contributed by atoms with Crippen LogP contribution in [-0.2, 0) is 4.79 Å². The van der Waals surface area contributed by atoms with Crippen molar-refractivity contribution >= 4 is 11.7 Å². The van der Waals surface area contributed by atoms with Gasteiger partial charge in [0, 0.05) is 5.56 Å². The molecule has 0 aromatic heterocycles. The third kappa shape index (κ3) is 1.11. The van der Waals surface area contributed by atoms with Gasteiger partial charge in [-0.1, -0.05) is 18.2 Å². The normalized spacial score (nSPS) is 20.8. The monoisotopic (exact) mass is 177 g/mol. The molecular weight excluding hydrogens is 170 g/mol. The highest BCUT2D eigenvalue weighted by molar-refractivity contribution is 6.38. The summed E-state index contributed by atoms with van der Waals surface area (Å²) < 4.78 is 4.79. The second-order valence-electron chi connectivity index (χ2n) is 2.74. The third-order valence-electron chi connectivity index (χ3n) is 1.91. The topological polar surface area (TPSA) is 70.4 Å². The molecule has 0 saturated heterocycles. The number of hydrogen-bond acceptors (Lipinski definition) is 4. The predicted molar refractivity (Wildman–Crippen MR) is 44.8 cm³/mol. The van der Waals surface area contributed by atoms with E-state index in [2.05, 4.69) is 0 Å². The van der Waals surface area contributed by atoms with Crippen molar-refractivity contribution < 1.29 is 14.6 Å². The molecule has 0 aliphatic carbocycles. The molecule has 1 aliphatic rings. The minimum absolute atomic E-state index is 0.330. The van der Waals surface area contributed by atoms with Crippen molar-refractivity contribution in [1.29, 1.82) is 5.41 Å². The number of fused-ring (bicyclic) bond motifs is 1. The first kappa shape index (κ1) is 7.94. The molecule has 4 nitrogen and oxygen atoms in total. The highest BCUT2D eigenvalue weighted by atomic mass is 16.5. The van der Waals surface area contributed by atoms with Gasteiger partial charge in [0.2, 0.25) is 0 Å². The zero-order chi connectivity index (χ0) is 9.42. The van der Waals surface area contributed by atoms with Crippen LogP contribution in [-0.4, -0.2) is 16.8 Å². The van der Waals surface area contributed by atoms with Crippen LogP contribution >= 0.6 is 0 Å². The molecule has 1 aromatic rings. The molecule has 0 fully saturated rings. The van der Waals surface area contributed by atoms with E-state index in [0.29, 0.717) is 11.3 Å². The lowest BCUT2D eigenvalue weighted by Crippen LogP contribution is -2.31. The molecule has 1 unspecified atom stereocenters. The van der Waals surface area contributed by atoms with Crippen molar-refractivity contribution in [3.8, 4) is 5.75 Å². The van der Waals surface area contributed by atoms with E-state index in [-0.39, 0.29) is 0 Å². The Morgan fingerprint density at radius 3 is 2.85 bits per heavy atom. The standard InChI is InChI=1S/C9H7NO3/c10-7-8(11)5-3-1-2-4-6(5)13-9(7)12/h1-4,8,10-11H. The molecule has 0 bridgehead atoms. The molecule has 0 saturated carbocycles. The molecule has 4 heteroatoms. The Kier molecular flexibility index (Phi) is 1.63. The van der Waals surface area contributed by atoms with Crippen LogP contribution in [0.15, 0.2) is 24.3 Å². The van der Waals surface area contributed by atoms with Gasteiger partial charge in [-0.3, -0.25) is 5.41 Å². The van der Waals surface area contributed by atoms with Gasteiger partial charge in [0.15, 0.2) is 5.71 Å². The predicted octanol–water partition coefficient (Wildman–Crippen LogP) is 0.659. The maximum Gasteiger partial charge on any atom is 0.360 e. The van der Waals surface area contributed by atoms with Gasteiger partial charge in [-0.05, 0) is 6.07 Å². The van der Waals surface area contributed by atoms with E-state index in [1.165, 1.54) is 0 Å². The number of aliphatic hydroxyl groups excluding tert-OH is 1. The van der Waals surface area contributed by atoms with Crippen LogP contribution in [0.2, 0.25) is 0 Å². The lowest BCUT2D eigenvalue weighted by Gasteiger charge is -2.20. The van der Waals surface area contributed by atoms with E-state index >= 15 is 0 Å². The molecule has 13 heavy (non-hydrogen) atoms. The molecule has 0 radical (unpaired) electrons. The van der Waals surface area contributed by atoms with Gasteiger partial charge in [-0.2, -0.15) is 0 Å². The second-order valence-corrected chi connectivity index (χ2v) is 2.74. The van der Waals surface area contributed by atoms with Crippen LogP contribution in [0.1, 0.15) is 11.7 Å². The molecule has 2 rings (SSSR count). The van der Waals surface area contributed by atoms with Crippen LogP contribution in [0.25, 0.3) is 0 Å². The van der Waals surface area contributed by atoms with Gasteiger partial charge in [-0.25, -0.2) is 4.79 Å². The summed E-state index contributed by atoms with van der Waals surface area (Å²) in [6, 6.07) is 6.63. The van der Waals surface area contributed by atoms with Crippen LogP contribution in [0.3, 0.4) is 0 Å². The van der Waals surface area contributed by atoms with E-state index in [1.807, 2.05) is 0 Å². The number of rotatable bonds is 0. The first-order valence-electron chi connectivity index (χ1n) is 3.78. The SMILES string of the molecule is N=C1C(=O)Oc2ccccc2C1O. The van der Waals surface area contributed by atoms with E-state index in [4.69, 9.17) is 10.1 Å². The van der Waals surface area contributed by atoms with Gasteiger partial charge >= 0.3 is 5.97 Å². The molecule has 1 atom stereocenters. The lowest BCUT2D eigenvalue weighted by atomic mass is 10.0. The Morgan fingerprint density at radius 1 is 1.38 bits per heavy atom. The number of esters is 1. The average Bonchev–Trinajstić information content (AvgIpc) is 2.15. The first-order chi connectivity index (χ1) is 6.20. The fraction of sp³-hybridized carbons (Fsp3) is 0.111. The summed E-state index contributed by atoms with van der Waals surface area (Å²) in [4.78, 5) is 11.0. The van der Waals surface area contributed by atoms with Crippen molar-refractivity contribution in [2.45, 2.75) is 6.10 Å². The molecule has 66 valence electrons. The van der Waals surface area contributed by atoms with E-state index in [0.717, 1.165) is 0 Å². The Labute approximate surface area is 74.3 Å². The van der Waals surface area contributed by atoms with Crippen LogP contribution in [0.4, 0.5) is 0 Å². The van der Waals surface area contributed by atoms with Gasteiger partial charge in [0.1, 0.15) is 11.9 Å². The van der Waals surface area contributed by atoms with Gasteiger partial charge in [-0.15, -0.1) is 0 Å². The zero-order valence-electron chi connectivity index (χ0n) is 6.65. The third-order valence-corrected chi connectivity index (χ3v) is 1.91. The fourth-order valence-corrected chi connectivity index (χ4v) is 1.22. The van der Waals surface area contributed by atoms with Crippen molar-refractivity contribution in [3.05, 3.63) is 29.8 Å². The summed E-state index contributed by atoms with van der Waals surface area (Å²) in [6.07, 6.45) is -1.16. The summed E-state index contributed by atoms with van der Waals surface area (Å²) in [5, 5.41) is 16.7. The van der Waals surface area contributed by atoms with E-state index in [1.54, 1.807) is 24.3 Å². The van der Waals surface area contributed by atoms with Crippen LogP contribution in [0, 0.1) is 5.41 Å². The van der Waals surface area contributed by atoms with Crippen molar-refractivity contribution in [2.24, 2.45) is 0 Å². The zero-order valence-corrected chi connectivity index (χ0v) is 6.65. The molecule has 2 N–H and O–H groups in total. The quantitative estimate of drug-likeness (QED) is 0.451. The minimum atomic E-state index is -1.16. The molecule has 1 aromatic carbocycles. The van der Waals surface area contributed by atoms with Gasteiger partial charge in [0.25, 0.3) is 0 Å². The Balaban J connectivity index is 2.55. The number of carbonyl (C=O) groups is 1. The number of aliphatic hydroxyl groups is 1. The summed E-state index contributed by atoms with van der Waals surface area (Å²) in [5.74, 6) is -0.456. The first-order valence-corrected chi connectivity index (χ1v) is 3.78. The molecule has 1 aliphatic heterocycles. The summed E-state index contributed by atoms with van der Waals surface area (Å²) in [6.45, 7) is 0. The summed E-state index contributed by atoms with van der Waals surface area (Å²) >= 11 is 0. The number of hydrogen-bond donors (Lipinski definition) is 2. The smallest absolute Gasteiger partial charge is 0.360 e. The second kappa shape index (κ2) is 2.67. The minimum Gasteiger partial charge on any atom is -0.422 e. The average molecular weight is 177 g/mol. The fourth-order valence-electron chi connectivity index (χ4n) is 1.22.